The maximum absolute atomic E-state index is 5.88. The number of rotatable bonds is 6. The molecule has 2 aromatic carbocycles. The zero-order chi connectivity index (χ0) is 16.9. The summed E-state index contributed by atoms with van der Waals surface area (Å²) in [6, 6.07) is 16.6. The van der Waals surface area contributed by atoms with Gasteiger partial charge in [0, 0.05) is 31.1 Å². The highest BCUT2D eigenvalue weighted by Crippen LogP contribution is 2.19. The van der Waals surface area contributed by atoms with E-state index < -0.39 is 0 Å². The van der Waals surface area contributed by atoms with Crippen molar-refractivity contribution in [1.29, 1.82) is 0 Å². The van der Waals surface area contributed by atoms with Crippen LogP contribution in [-0.2, 0) is 9.47 Å². The SMILES string of the molecule is c1ccc2c(c1)ncn2-c1ccc(NCCOC2CCOCC2)cc1. The standard InChI is InChI=1S/C20H23N3O2/c1-2-4-20-19(3-1)22-15-23(20)17-7-5-16(6-8-17)21-11-14-25-18-9-12-24-13-10-18/h1-8,15,18,21H,9-14H2. The molecule has 1 saturated heterocycles. The number of nitrogens with one attached hydrogen (secondary N) is 1. The van der Waals surface area contributed by atoms with Crippen molar-refractivity contribution in [2.24, 2.45) is 0 Å². The molecule has 130 valence electrons. The molecule has 2 heterocycles. The average molecular weight is 337 g/mol. The van der Waals surface area contributed by atoms with Crippen LogP contribution in [0.25, 0.3) is 16.7 Å². The Bertz CT molecular complexity index is 807. The smallest absolute Gasteiger partial charge is 0.100 e. The zero-order valence-electron chi connectivity index (χ0n) is 14.2. The summed E-state index contributed by atoms with van der Waals surface area (Å²) < 4.78 is 13.3. The number of aromatic nitrogens is 2. The molecule has 0 bridgehead atoms. The van der Waals surface area contributed by atoms with Crippen LogP contribution in [0.1, 0.15) is 12.8 Å². The maximum atomic E-state index is 5.88. The number of anilines is 1. The molecule has 0 amide bonds. The molecule has 1 fully saturated rings. The number of para-hydroxylation sites is 2. The first-order chi connectivity index (χ1) is 12.4. The van der Waals surface area contributed by atoms with Crippen molar-refractivity contribution in [3.05, 3.63) is 54.9 Å². The van der Waals surface area contributed by atoms with Crippen molar-refractivity contribution in [1.82, 2.24) is 9.55 Å². The fourth-order valence-electron chi connectivity index (χ4n) is 3.17. The van der Waals surface area contributed by atoms with Gasteiger partial charge in [-0.3, -0.25) is 4.57 Å². The quantitative estimate of drug-likeness (QED) is 0.698. The molecule has 3 aromatic rings. The Morgan fingerprint density at radius 3 is 2.72 bits per heavy atom. The van der Waals surface area contributed by atoms with E-state index >= 15 is 0 Å². The van der Waals surface area contributed by atoms with E-state index in [1.807, 2.05) is 24.5 Å². The van der Waals surface area contributed by atoms with Crippen LogP contribution in [0.15, 0.2) is 54.9 Å². The molecule has 0 unspecified atom stereocenters. The van der Waals surface area contributed by atoms with Gasteiger partial charge in [0.2, 0.25) is 0 Å². The molecule has 1 aliphatic heterocycles. The van der Waals surface area contributed by atoms with Gasteiger partial charge in [-0.1, -0.05) is 12.1 Å². The van der Waals surface area contributed by atoms with E-state index in [1.54, 1.807) is 0 Å². The predicted molar refractivity (Wildman–Crippen MR) is 99.4 cm³/mol. The molecule has 0 spiro atoms. The summed E-state index contributed by atoms with van der Waals surface area (Å²) in [5.41, 5.74) is 4.34. The van der Waals surface area contributed by atoms with E-state index in [1.165, 1.54) is 0 Å². The number of nitrogens with zero attached hydrogens (tertiary/aromatic N) is 2. The van der Waals surface area contributed by atoms with E-state index in [2.05, 4.69) is 45.2 Å². The van der Waals surface area contributed by atoms with Crippen LogP contribution in [0.2, 0.25) is 0 Å². The Morgan fingerprint density at radius 2 is 1.88 bits per heavy atom. The van der Waals surface area contributed by atoms with Crippen LogP contribution in [-0.4, -0.2) is 42.0 Å². The third-order valence-electron chi connectivity index (χ3n) is 4.55. The van der Waals surface area contributed by atoms with E-state index in [-0.39, 0.29) is 0 Å². The lowest BCUT2D eigenvalue weighted by atomic mass is 10.2. The first-order valence-corrected chi connectivity index (χ1v) is 8.86. The molecule has 1 aliphatic rings. The van der Waals surface area contributed by atoms with Crippen LogP contribution in [0, 0.1) is 0 Å². The monoisotopic (exact) mass is 337 g/mol. The molecule has 5 heteroatoms. The summed E-state index contributed by atoms with van der Waals surface area (Å²) in [5, 5.41) is 3.41. The van der Waals surface area contributed by atoms with Crippen LogP contribution in [0.5, 0.6) is 0 Å². The molecule has 4 rings (SSSR count). The Kier molecular flexibility index (Phi) is 4.95. The third-order valence-corrected chi connectivity index (χ3v) is 4.55. The highest BCUT2D eigenvalue weighted by atomic mass is 16.5. The van der Waals surface area contributed by atoms with E-state index in [0.29, 0.717) is 6.10 Å². The van der Waals surface area contributed by atoms with Gasteiger partial charge in [0.1, 0.15) is 6.33 Å². The van der Waals surface area contributed by atoms with Crippen LogP contribution in [0.3, 0.4) is 0 Å². The predicted octanol–water partition coefficient (Wildman–Crippen LogP) is 3.63. The molecule has 1 aromatic heterocycles. The number of benzene rings is 2. The highest BCUT2D eigenvalue weighted by molar-refractivity contribution is 5.77. The second-order valence-electron chi connectivity index (χ2n) is 6.26. The summed E-state index contributed by atoms with van der Waals surface area (Å²) >= 11 is 0. The summed E-state index contributed by atoms with van der Waals surface area (Å²) in [7, 11) is 0. The fourth-order valence-corrected chi connectivity index (χ4v) is 3.17. The first kappa shape index (κ1) is 16.1. The second kappa shape index (κ2) is 7.68. The van der Waals surface area contributed by atoms with E-state index in [9.17, 15) is 0 Å². The van der Waals surface area contributed by atoms with Gasteiger partial charge in [-0.2, -0.15) is 0 Å². The highest BCUT2D eigenvalue weighted by Gasteiger charge is 2.13. The lowest BCUT2D eigenvalue weighted by Crippen LogP contribution is -2.25. The summed E-state index contributed by atoms with van der Waals surface area (Å²) in [6.07, 6.45) is 4.24. The number of hydrogen-bond acceptors (Lipinski definition) is 4. The molecule has 5 nitrogen and oxygen atoms in total. The normalized spacial score (nSPS) is 15.5. The van der Waals surface area contributed by atoms with Gasteiger partial charge in [0.15, 0.2) is 0 Å². The number of hydrogen-bond donors (Lipinski definition) is 1. The van der Waals surface area contributed by atoms with Crippen LogP contribution >= 0.6 is 0 Å². The van der Waals surface area contributed by atoms with Crippen molar-refractivity contribution < 1.29 is 9.47 Å². The van der Waals surface area contributed by atoms with Crippen LogP contribution < -0.4 is 5.32 Å². The Balaban J connectivity index is 1.32. The fraction of sp³-hybridized carbons (Fsp3) is 0.350. The summed E-state index contributed by atoms with van der Waals surface area (Å²) in [4.78, 5) is 4.44. The largest absolute Gasteiger partial charge is 0.383 e. The maximum Gasteiger partial charge on any atom is 0.100 e. The van der Waals surface area contributed by atoms with Gasteiger partial charge in [0.25, 0.3) is 0 Å². The molecule has 0 atom stereocenters. The van der Waals surface area contributed by atoms with Gasteiger partial charge in [-0.25, -0.2) is 4.98 Å². The Labute approximate surface area is 147 Å². The molecule has 1 N–H and O–H groups in total. The molecular formula is C20H23N3O2. The molecule has 0 aliphatic carbocycles. The number of imidazole rings is 1. The summed E-state index contributed by atoms with van der Waals surface area (Å²) in [6.45, 7) is 3.17. The number of ether oxygens (including phenoxy) is 2. The first-order valence-electron chi connectivity index (χ1n) is 8.86. The van der Waals surface area contributed by atoms with E-state index in [4.69, 9.17) is 9.47 Å². The molecule has 25 heavy (non-hydrogen) atoms. The molecule has 0 saturated carbocycles. The van der Waals surface area contributed by atoms with Crippen molar-refractivity contribution in [3.8, 4) is 5.69 Å². The van der Waals surface area contributed by atoms with Crippen molar-refractivity contribution >= 4 is 16.7 Å². The molecular weight excluding hydrogens is 314 g/mol. The average Bonchev–Trinajstić information content (AvgIpc) is 3.11. The van der Waals surface area contributed by atoms with Crippen molar-refractivity contribution in [3.63, 3.8) is 0 Å². The van der Waals surface area contributed by atoms with Crippen molar-refractivity contribution in [2.45, 2.75) is 18.9 Å². The number of fused-ring (bicyclic) bond motifs is 1. The van der Waals surface area contributed by atoms with E-state index in [0.717, 1.165) is 61.6 Å². The minimum Gasteiger partial charge on any atom is -0.383 e. The minimum atomic E-state index is 0.354. The lowest BCUT2D eigenvalue weighted by Gasteiger charge is -2.22. The lowest BCUT2D eigenvalue weighted by molar-refractivity contribution is -0.0283. The zero-order valence-corrected chi connectivity index (χ0v) is 14.2. The Morgan fingerprint density at radius 1 is 1.08 bits per heavy atom. The topological polar surface area (TPSA) is 48.3 Å². The molecule has 0 radical (unpaired) electrons. The third kappa shape index (κ3) is 3.83. The van der Waals surface area contributed by atoms with Gasteiger partial charge in [-0.05, 0) is 49.2 Å². The Hall–Kier alpha value is -2.37. The van der Waals surface area contributed by atoms with Gasteiger partial charge >= 0.3 is 0 Å². The summed E-state index contributed by atoms with van der Waals surface area (Å²) in [5.74, 6) is 0. The minimum absolute atomic E-state index is 0.354. The van der Waals surface area contributed by atoms with Gasteiger partial charge < -0.3 is 14.8 Å². The van der Waals surface area contributed by atoms with Crippen molar-refractivity contribution in [2.75, 3.05) is 31.7 Å². The van der Waals surface area contributed by atoms with Gasteiger partial charge in [-0.15, -0.1) is 0 Å². The second-order valence-corrected chi connectivity index (χ2v) is 6.26. The van der Waals surface area contributed by atoms with Gasteiger partial charge in [0.05, 0.1) is 23.7 Å². The van der Waals surface area contributed by atoms with Crippen LogP contribution in [0.4, 0.5) is 5.69 Å².